The SMILES string of the molecule is C1CCOC1.CC(=O)OCc1ccccc1.O=C(O)[C@@H]1C=CCN1.O=C(O)[C@@H]1C=CCN1C(=O)OCc1ccccc1.O=C(OCc1ccccc1)[C@@H]1C=CCN1C(=O)OCc1ccccc1.O=C(OCc1ccccc1)[C@@H]1[C@@H]2O[C@@H]2CN1C(=O)OCc1ccccc1.O=C(OCc1ccccc1)[C@@H]1[C@H]2O[C@H]2CN1C(=O)OCc1ccccc1.O=C(OCc1ccccc1)[C@@H]1[C@H]2O[C@H]2CN1C(=O)OCc1ccccc1.[Na+].[OH-]. The van der Waals surface area contributed by atoms with Gasteiger partial charge < -0.3 is 82.0 Å². The number of hydrogen-bond acceptors (Lipinski definition) is 28. The van der Waals surface area contributed by atoms with Crippen LogP contribution in [0.1, 0.15) is 75.4 Å². The van der Waals surface area contributed by atoms with Crippen molar-refractivity contribution >= 4 is 72.3 Å². The van der Waals surface area contributed by atoms with Crippen molar-refractivity contribution in [1.29, 1.82) is 0 Å². The number of nitrogens with zero attached hydrogens (tertiary/aromatic N) is 5. The van der Waals surface area contributed by atoms with Crippen molar-refractivity contribution in [2.75, 3.05) is 52.5 Å². The average Bonchev–Trinajstić information content (AvgIpc) is 1.59. The quantitative estimate of drug-likeness (QED) is 0.0149. The molecule has 12 atom stereocenters. The number of likely N-dealkylation sites (tertiary alicyclic amines) is 3. The largest absolute Gasteiger partial charge is 1.00 e. The Hall–Kier alpha value is -15.2. The van der Waals surface area contributed by atoms with E-state index < -0.39 is 103 Å². The minimum Gasteiger partial charge on any atom is -0.870 e. The van der Waals surface area contributed by atoms with Crippen LogP contribution in [0.25, 0.3) is 0 Å². The zero-order valence-corrected chi connectivity index (χ0v) is 83.1. The third-order valence-electron chi connectivity index (χ3n) is 23.3. The number of morpholine rings is 3. The molecule has 20 rings (SSSR count). The van der Waals surface area contributed by atoms with Crippen molar-refractivity contribution in [2.24, 2.45) is 0 Å². The first-order valence-corrected chi connectivity index (χ1v) is 47.3. The van der Waals surface area contributed by atoms with E-state index in [0.717, 1.165) is 68.8 Å². The molecule has 5 amide bonds. The maximum atomic E-state index is 12.5. The normalized spacial score (nSPS) is 20.1. The van der Waals surface area contributed by atoms with Crippen LogP contribution in [0.4, 0.5) is 24.0 Å². The Morgan fingerprint density at radius 3 is 0.741 bits per heavy atom. The minimum atomic E-state index is -1.06. The summed E-state index contributed by atoms with van der Waals surface area (Å²) < 4.78 is 73.9. The number of nitrogens with one attached hydrogen (secondary N) is 1. The van der Waals surface area contributed by atoms with Gasteiger partial charge in [-0.25, -0.2) is 47.9 Å². The number of benzene rings is 10. The van der Waals surface area contributed by atoms with Crippen molar-refractivity contribution in [2.45, 2.75) is 159 Å². The second kappa shape index (κ2) is 59.3. The summed E-state index contributed by atoms with van der Waals surface area (Å²) in [4.78, 5) is 149. The van der Waals surface area contributed by atoms with Crippen molar-refractivity contribution in [3.63, 3.8) is 0 Å². The average molecular weight is 2020 g/mol. The first kappa shape index (κ1) is 112. The van der Waals surface area contributed by atoms with E-state index in [1.165, 1.54) is 50.3 Å². The molecule has 0 bridgehead atoms. The fraction of sp³-hybridized carbons (Fsp3) is 0.297. The van der Waals surface area contributed by atoms with Crippen LogP contribution in [0.15, 0.2) is 340 Å². The monoisotopic (exact) mass is 2020 g/mol. The Morgan fingerprint density at radius 1 is 0.293 bits per heavy atom. The van der Waals surface area contributed by atoms with E-state index >= 15 is 0 Å². The summed E-state index contributed by atoms with van der Waals surface area (Å²) in [5.41, 5.74) is 9.04. The number of carbonyl (C=O) groups is 12. The molecule has 7 fully saturated rings. The number of aliphatic carboxylic acids is 2. The molecule has 35 nitrogen and oxygen atoms in total. The van der Waals surface area contributed by atoms with Gasteiger partial charge in [0, 0.05) is 39.8 Å². The second-order valence-corrected chi connectivity index (χ2v) is 33.9. The van der Waals surface area contributed by atoms with Gasteiger partial charge in [-0.3, -0.25) is 39.4 Å². The number of carboxylic acids is 2. The zero-order chi connectivity index (χ0) is 102. The number of carboxylic acid groups (broad SMARTS) is 2. The van der Waals surface area contributed by atoms with Gasteiger partial charge in [-0.1, -0.05) is 340 Å². The summed E-state index contributed by atoms with van der Waals surface area (Å²) in [6.07, 6.45) is 8.66. The molecule has 0 radical (unpaired) electrons. The number of esters is 5. The molecular formula is C111H115N6NaO29. The predicted molar refractivity (Wildman–Crippen MR) is 525 cm³/mol. The van der Waals surface area contributed by atoms with Crippen LogP contribution in [0, 0.1) is 0 Å². The molecular weight excluding hydrogens is 1900 g/mol. The molecule has 0 aliphatic carbocycles. The van der Waals surface area contributed by atoms with E-state index in [9.17, 15) is 57.5 Å². The minimum absolute atomic E-state index is 0. The number of epoxide rings is 3. The molecule has 147 heavy (non-hydrogen) atoms. The molecule has 10 aliphatic heterocycles. The molecule has 764 valence electrons. The molecule has 10 heterocycles. The summed E-state index contributed by atoms with van der Waals surface area (Å²) in [6, 6.07) is 89.8. The summed E-state index contributed by atoms with van der Waals surface area (Å²) in [6.45, 7) is 7.59. The number of rotatable bonds is 26. The van der Waals surface area contributed by atoms with Gasteiger partial charge in [0.1, 0.15) is 109 Å². The summed E-state index contributed by atoms with van der Waals surface area (Å²) in [5, 5.41) is 20.0. The van der Waals surface area contributed by atoms with Crippen molar-refractivity contribution < 1.29 is 169 Å². The Kier molecular flexibility index (Phi) is 45.2. The van der Waals surface area contributed by atoms with Gasteiger partial charge in [0.15, 0.2) is 30.2 Å². The smallest absolute Gasteiger partial charge is 0.870 e. The molecule has 10 aromatic carbocycles. The van der Waals surface area contributed by atoms with Gasteiger partial charge in [0.25, 0.3) is 0 Å². The third-order valence-corrected chi connectivity index (χ3v) is 23.3. The van der Waals surface area contributed by atoms with Crippen LogP contribution >= 0.6 is 0 Å². The molecule has 0 saturated carbocycles. The van der Waals surface area contributed by atoms with Gasteiger partial charge in [-0.2, -0.15) is 0 Å². The number of hydrogen-bond donors (Lipinski definition) is 3. The molecule has 0 unspecified atom stereocenters. The predicted octanol–water partition coefficient (Wildman–Crippen LogP) is 11.5. The van der Waals surface area contributed by atoms with Crippen molar-refractivity contribution in [1.82, 2.24) is 29.8 Å². The molecule has 10 aliphatic rings. The van der Waals surface area contributed by atoms with Gasteiger partial charge in [-0.15, -0.1) is 0 Å². The number of ether oxygens (including phenoxy) is 14. The molecule has 36 heteroatoms. The first-order chi connectivity index (χ1) is 70.7. The fourth-order valence-corrected chi connectivity index (χ4v) is 15.6. The van der Waals surface area contributed by atoms with Crippen LogP contribution in [0.2, 0.25) is 0 Å². The standard InChI is InChI=1S/3C20H19NO5.C20H19NO4.C13H13NO4.C9H10O2.C5H7NO2.C4H8O.Na.H2O/c3*22-19(24-12-14-7-3-1-4-8-14)17-18-16(26-18)11-21(17)20(23)25-13-15-9-5-2-6-10-15;22-19(24-14-16-8-3-1-4-9-16)18-12-7-13-21(18)20(23)25-15-17-10-5-2-6-11-17;15-12(16)11-7-4-8-14(11)13(17)18-9-10-5-2-1-3-6-10;1-8(10)11-7-9-5-3-2-4-6-9;7-5(8)4-2-1-3-6-4;1-2-4-5-3-1;;/h3*1-10,16-18H,11-13H2;1-12,18H,13-15H2;1-7,11H,8-9H2,(H,15,16);2-6H,7H2,1H3;1-2,4,6H,3H2,(H,7,8);1-4H2;;1H2/q;;;;;;;;+1;/p-1/t16-,17+,18-;2*16-,17-,18-;18-;11-;;4-;;;/m10000.0.../s1. The summed E-state index contributed by atoms with van der Waals surface area (Å²) in [7, 11) is 0. The Labute approximate surface area is 872 Å². The van der Waals surface area contributed by atoms with Gasteiger partial charge >= 0.3 is 102 Å². The first-order valence-electron chi connectivity index (χ1n) is 47.3. The second-order valence-electron chi connectivity index (χ2n) is 33.9. The Morgan fingerprint density at radius 2 is 0.524 bits per heavy atom. The zero-order valence-electron chi connectivity index (χ0n) is 81.1. The topological polar surface area (TPSA) is 443 Å². The Balaban J connectivity index is 0.000000165. The molecule has 10 aromatic rings. The van der Waals surface area contributed by atoms with Gasteiger partial charge in [-0.05, 0) is 68.5 Å². The van der Waals surface area contributed by atoms with E-state index in [1.807, 2.05) is 303 Å². The van der Waals surface area contributed by atoms with Gasteiger partial charge in [0.2, 0.25) is 0 Å². The maximum absolute atomic E-state index is 12.5. The van der Waals surface area contributed by atoms with Crippen molar-refractivity contribution in [3.8, 4) is 0 Å². The maximum Gasteiger partial charge on any atom is 1.00 e. The van der Waals surface area contributed by atoms with E-state index in [2.05, 4.69) is 5.32 Å². The van der Waals surface area contributed by atoms with Gasteiger partial charge in [0.05, 0.1) is 19.6 Å². The summed E-state index contributed by atoms with van der Waals surface area (Å²) in [5.74, 6) is -3.95. The Bertz CT molecular complexity index is 5590. The van der Waals surface area contributed by atoms with Crippen LogP contribution < -0.4 is 34.9 Å². The third kappa shape index (κ3) is 36.2. The van der Waals surface area contributed by atoms with Crippen LogP contribution in [-0.4, -0.2) is 238 Å². The van der Waals surface area contributed by atoms with E-state index in [0.29, 0.717) is 39.3 Å². The van der Waals surface area contributed by atoms with Crippen LogP contribution in [0.3, 0.4) is 0 Å². The van der Waals surface area contributed by atoms with Crippen LogP contribution in [-0.2, 0) is 166 Å². The molecule has 7 saturated heterocycles. The fourth-order valence-electron chi connectivity index (χ4n) is 15.6. The van der Waals surface area contributed by atoms with E-state index in [-0.39, 0.29) is 144 Å². The molecule has 0 aromatic heterocycles. The molecule has 0 spiro atoms. The number of amides is 5. The van der Waals surface area contributed by atoms with Crippen molar-refractivity contribution in [3.05, 3.63) is 395 Å². The van der Waals surface area contributed by atoms with E-state index in [4.69, 9.17) is 76.5 Å². The molecule has 4 N–H and O–H groups in total. The van der Waals surface area contributed by atoms with Crippen LogP contribution in [0.5, 0.6) is 0 Å². The summed E-state index contributed by atoms with van der Waals surface area (Å²) >= 11 is 0. The number of carbonyl (C=O) groups excluding carboxylic acids is 10. The van der Waals surface area contributed by atoms with E-state index in [1.54, 1.807) is 30.4 Å². The number of fused-ring (bicyclic) bond motifs is 3.